The molecule has 0 saturated heterocycles. The summed E-state index contributed by atoms with van der Waals surface area (Å²) in [6, 6.07) is 11.6. The van der Waals surface area contributed by atoms with Crippen molar-refractivity contribution in [1.82, 2.24) is 0 Å². The van der Waals surface area contributed by atoms with Gasteiger partial charge in [0.05, 0.1) is 0 Å². The normalized spacial score (nSPS) is 24.7. The van der Waals surface area contributed by atoms with E-state index < -0.39 is 11.6 Å². The summed E-state index contributed by atoms with van der Waals surface area (Å²) in [7, 11) is 0. The fraction of sp³-hybridized carbons (Fsp3) is 0.647. The van der Waals surface area contributed by atoms with Gasteiger partial charge in [0.15, 0.2) is 11.6 Å². The first-order chi connectivity index (χ1) is 17.6. The molecule has 2 aromatic carbocycles. The number of rotatable bonds is 11. The molecule has 0 bridgehead atoms. The lowest BCUT2D eigenvalue weighted by atomic mass is 9.68. The SMILES string of the molecule is CCCCCC1CCC(C2CCC(CCc3ccc(-c4ccc(CCC)c(F)c4F)cc3)CC2)CC1. The van der Waals surface area contributed by atoms with Crippen molar-refractivity contribution in [1.29, 1.82) is 0 Å². The molecule has 0 aliphatic heterocycles. The lowest BCUT2D eigenvalue weighted by molar-refractivity contribution is 0.140. The highest BCUT2D eigenvalue weighted by molar-refractivity contribution is 5.65. The van der Waals surface area contributed by atoms with Crippen LogP contribution in [0.15, 0.2) is 36.4 Å². The molecule has 0 amide bonds. The van der Waals surface area contributed by atoms with Crippen molar-refractivity contribution in [3.05, 3.63) is 59.2 Å². The Kier molecular flexibility index (Phi) is 10.4. The Bertz CT molecular complexity index is 915. The summed E-state index contributed by atoms with van der Waals surface area (Å²) in [6.07, 6.45) is 21.0. The molecule has 2 aliphatic rings. The predicted molar refractivity (Wildman–Crippen MR) is 149 cm³/mol. The number of unbranched alkanes of at least 4 members (excludes halogenated alkanes) is 2. The van der Waals surface area contributed by atoms with Gasteiger partial charge >= 0.3 is 0 Å². The van der Waals surface area contributed by atoms with E-state index in [9.17, 15) is 8.78 Å². The fourth-order valence-electron chi connectivity index (χ4n) is 7.08. The van der Waals surface area contributed by atoms with E-state index >= 15 is 0 Å². The molecule has 0 atom stereocenters. The smallest absolute Gasteiger partial charge is 0.166 e. The van der Waals surface area contributed by atoms with Crippen LogP contribution < -0.4 is 0 Å². The van der Waals surface area contributed by atoms with Gasteiger partial charge in [-0.25, -0.2) is 8.78 Å². The van der Waals surface area contributed by atoms with E-state index in [2.05, 4.69) is 19.1 Å². The first kappa shape index (κ1) is 27.3. The van der Waals surface area contributed by atoms with Crippen LogP contribution in [0.25, 0.3) is 11.1 Å². The van der Waals surface area contributed by atoms with Crippen LogP contribution in [0.2, 0.25) is 0 Å². The molecular weight excluding hydrogens is 446 g/mol. The van der Waals surface area contributed by atoms with Gasteiger partial charge in [0, 0.05) is 5.56 Å². The number of hydrogen-bond donors (Lipinski definition) is 0. The maximum absolute atomic E-state index is 14.6. The lowest BCUT2D eigenvalue weighted by Gasteiger charge is -2.38. The van der Waals surface area contributed by atoms with Crippen molar-refractivity contribution in [2.45, 2.75) is 117 Å². The molecule has 36 heavy (non-hydrogen) atoms. The van der Waals surface area contributed by atoms with Gasteiger partial charge in [0.25, 0.3) is 0 Å². The van der Waals surface area contributed by atoms with Gasteiger partial charge < -0.3 is 0 Å². The lowest BCUT2D eigenvalue weighted by Crippen LogP contribution is -2.26. The maximum atomic E-state index is 14.6. The summed E-state index contributed by atoms with van der Waals surface area (Å²) in [4.78, 5) is 0. The van der Waals surface area contributed by atoms with Gasteiger partial charge in [-0.15, -0.1) is 0 Å². The highest BCUT2D eigenvalue weighted by Gasteiger charge is 2.30. The largest absolute Gasteiger partial charge is 0.203 e. The summed E-state index contributed by atoms with van der Waals surface area (Å²) in [5, 5.41) is 0. The second kappa shape index (κ2) is 13.7. The molecule has 2 aromatic rings. The highest BCUT2D eigenvalue weighted by Crippen LogP contribution is 2.43. The van der Waals surface area contributed by atoms with E-state index in [0.29, 0.717) is 17.5 Å². The average molecular weight is 495 g/mol. The molecule has 2 heteroatoms. The zero-order valence-electron chi connectivity index (χ0n) is 22.8. The zero-order chi connectivity index (χ0) is 25.3. The summed E-state index contributed by atoms with van der Waals surface area (Å²) >= 11 is 0. The van der Waals surface area contributed by atoms with Gasteiger partial charge in [-0.1, -0.05) is 108 Å². The highest BCUT2D eigenvalue weighted by atomic mass is 19.2. The van der Waals surface area contributed by atoms with E-state index in [1.54, 1.807) is 12.1 Å². The Morgan fingerprint density at radius 1 is 0.611 bits per heavy atom. The minimum Gasteiger partial charge on any atom is -0.203 e. The maximum Gasteiger partial charge on any atom is 0.166 e. The summed E-state index contributed by atoms with van der Waals surface area (Å²) < 4.78 is 29.0. The number of hydrogen-bond acceptors (Lipinski definition) is 0. The van der Waals surface area contributed by atoms with Crippen LogP contribution in [0.5, 0.6) is 0 Å². The van der Waals surface area contributed by atoms with Crippen LogP contribution in [-0.2, 0) is 12.8 Å². The Morgan fingerprint density at radius 2 is 1.22 bits per heavy atom. The minimum atomic E-state index is -0.713. The molecule has 2 fully saturated rings. The topological polar surface area (TPSA) is 0 Å². The van der Waals surface area contributed by atoms with Crippen molar-refractivity contribution in [3.8, 4) is 11.1 Å². The Labute approximate surface area is 219 Å². The third-order valence-electron chi connectivity index (χ3n) is 9.45. The molecule has 0 unspecified atom stereocenters. The zero-order valence-corrected chi connectivity index (χ0v) is 22.8. The van der Waals surface area contributed by atoms with Crippen LogP contribution in [0.4, 0.5) is 8.78 Å². The molecule has 0 N–H and O–H groups in total. The fourth-order valence-corrected chi connectivity index (χ4v) is 7.08. The quantitative estimate of drug-likeness (QED) is 0.272. The second-order valence-electron chi connectivity index (χ2n) is 11.9. The Morgan fingerprint density at radius 3 is 1.81 bits per heavy atom. The Hall–Kier alpha value is -1.70. The second-order valence-corrected chi connectivity index (χ2v) is 11.9. The van der Waals surface area contributed by atoms with Gasteiger partial charge in [-0.3, -0.25) is 0 Å². The van der Waals surface area contributed by atoms with Crippen LogP contribution in [0, 0.1) is 35.3 Å². The van der Waals surface area contributed by atoms with Crippen molar-refractivity contribution in [3.63, 3.8) is 0 Å². The van der Waals surface area contributed by atoms with E-state index in [1.165, 1.54) is 89.0 Å². The third kappa shape index (κ3) is 7.20. The van der Waals surface area contributed by atoms with Crippen LogP contribution in [-0.4, -0.2) is 0 Å². The number of benzene rings is 2. The minimum absolute atomic E-state index is 0.368. The molecule has 4 rings (SSSR count). The molecule has 198 valence electrons. The van der Waals surface area contributed by atoms with E-state index in [4.69, 9.17) is 0 Å². The van der Waals surface area contributed by atoms with Crippen LogP contribution in [0.1, 0.15) is 115 Å². The van der Waals surface area contributed by atoms with Gasteiger partial charge in [0.1, 0.15) is 0 Å². The predicted octanol–water partition coefficient (Wildman–Crippen LogP) is 10.7. The molecule has 0 nitrogen and oxygen atoms in total. The summed E-state index contributed by atoms with van der Waals surface area (Å²) in [5.41, 5.74) is 2.91. The van der Waals surface area contributed by atoms with E-state index in [0.717, 1.165) is 42.1 Å². The first-order valence-electron chi connectivity index (χ1n) is 15.1. The number of halogens is 2. The van der Waals surface area contributed by atoms with Crippen molar-refractivity contribution >= 4 is 0 Å². The standard InChI is InChI=1S/C34H48F2/c1-3-5-6-8-25-11-17-28(18-12-25)29-19-13-26(14-20-29)9-10-27-15-21-30(22-16-27)32-24-23-31(7-4-2)33(35)34(32)36/h15-16,21-26,28-29H,3-14,17-20H2,1-2H3. The molecule has 0 aromatic heterocycles. The third-order valence-corrected chi connectivity index (χ3v) is 9.45. The first-order valence-corrected chi connectivity index (χ1v) is 15.1. The molecule has 0 heterocycles. The van der Waals surface area contributed by atoms with Crippen LogP contribution >= 0.6 is 0 Å². The molecular formula is C34H48F2. The molecule has 0 radical (unpaired) electrons. The summed E-state index contributed by atoms with van der Waals surface area (Å²) in [5.74, 6) is 2.46. The van der Waals surface area contributed by atoms with Gasteiger partial charge in [-0.2, -0.15) is 0 Å². The number of aryl methyl sites for hydroxylation is 2. The van der Waals surface area contributed by atoms with Crippen molar-refractivity contribution in [2.75, 3.05) is 0 Å². The molecule has 2 saturated carbocycles. The van der Waals surface area contributed by atoms with Crippen molar-refractivity contribution in [2.24, 2.45) is 23.7 Å². The monoisotopic (exact) mass is 494 g/mol. The van der Waals surface area contributed by atoms with E-state index in [-0.39, 0.29) is 0 Å². The van der Waals surface area contributed by atoms with Crippen LogP contribution in [0.3, 0.4) is 0 Å². The Balaban J connectivity index is 1.20. The van der Waals surface area contributed by atoms with Crippen molar-refractivity contribution < 1.29 is 8.78 Å². The van der Waals surface area contributed by atoms with E-state index in [1.807, 2.05) is 19.1 Å². The molecule has 2 aliphatic carbocycles. The molecule has 0 spiro atoms. The summed E-state index contributed by atoms with van der Waals surface area (Å²) in [6.45, 7) is 4.29. The van der Waals surface area contributed by atoms with Gasteiger partial charge in [-0.05, 0) is 85.3 Å². The van der Waals surface area contributed by atoms with Gasteiger partial charge in [0.2, 0.25) is 0 Å². The average Bonchev–Trinajstić information content (AvgIpc) is 2.92.